The molecule has 2 aromatic rings. The van der Waals surface area contributed by atoms with Crippen LogP contribution >= 0.6 is 23.1 Å². The van der Waals surface area contributed by atoms with Crippen LogP contribution in [0.3, 0.4) is 0 Å². The minimum absolute atomic E-state index is 0.208. The number of halogens is 1. The molecule has 0 bridgehead atoms. The van der Waals surface area contributed by atoms with Crippen molar-refractivity contribution < 1.29 is 0 Å². The molecule has 5 nitrogen and oxygen atoms in total. The zero-order chi connectivity index (χ0) is 11.7. The molecule has 1 unspecified atom stereocenters. The molecule has 2 rings (SSSR count). The van der Waals surface area contributed by atoms with Crippen LogP contribution in [-0.2, 0) is 0 Å². The summed E-state index contributed by atoms with van der Waals surface area (Å²) in [7, 11) is 0. The maximum atomic E-state index is 6.10. The van der Waals surface area contributed by atoms with Gasteiger partial charge in [-0.2, -0.15) is 5.10 Å². The van der Waals surface area contributed by atoms with Crippen LogP contribution in [0, 0.1) is 0 Å². The van der Waals surface area contributed by atoms with Gasteiger partial charge in [-0.25, -0.2) is 0 Å². The van der Waals surface area contributed by atoms with Crippen LogP contribution in [0.4, 0.5) is 0 Å². The van der Waals surface area contributed by atoms with E-state index in [1.165, 1.54) is 11.5 Å². The van der Waals surface area contributed by atoms with Crippen molar-refractivity contribution in [1.82, 2.24) is 19.4 Å². The zero-order valence-corrected chi connectivity index (χ0v) is 10.5. The van der Waals surface area contributed by atoms with Gasteiger partial charge in [0.1, 0.15) is 0 Å². The number of aromatic nitrogens is 4. The topological polar surface area (TPSA) is 69.6 Å². The number of rotatable bonds is 3. The van der Waals surface area contributed by atoms with Crippen LogP contribution in [0.15, 0.2) is 11.6 Å². The van der Waals surface area contributed by atoms with Crippen LogP contribution in [0.2, 0.25) is 5.02 Å². The van der Waals surface area contributed by atoms with Gasteiger partial charge in [-0.05, 0) is 25.4 Å². The zero-order valence-electron chi connectivity index (χ0n) is 8.96. The van der Waals surface area contributed by atoms with Gasteiger partial charge in [0.05, 0.1) is 28.6 Å². The SMILES string of the molecule is CC(C)n1ncc(Cl)c1C(N)c1csnn1. The second-order valence-corrected chi connectivity index (χ2v) is 4.74. The van der Waals surface area contributed by atoms with Crippen molar-refractivity contribution in [3.05, 3.63) is 28.0 Å². The lowest BCUT2D eigenvalue weighted by molar-refractivity contribution is 0.497. The molecule has 0 saturated carbocycles. The van der Waals surface area contributed by atoms with Gasteiger partial charge < -0.3 is 5.73 Å². The van der Waals surface area contributed by atoms with Crippen LogP contribution in [0.5, 0.6) is 0 Å². The Hall–Kier alpha value is -0.980. The maximum absolute atomic E-state index is 6.10. The Morgan fingerprint density at radius 1 is 1.50 bits per heavy atom. The van der Waals surface area contributed by atoms with Crippen LogP contribution in [0.25, 0.3) is 0 Å². The highest BCUT2D eigenvalue weighted by atomic mass is 35.5. The average molecular weight is 258 g/mol. The van der Waals surface area contributed by atoms with E-state index in [4.69, 9.17) is 17.3 Å². The van der Waals surface area contributed by atoms with E-state index in [2.05, 4.69) is 14.7 Å². The van der Waals surface area contributed by atoms with E-state index < -0.39 is 0 Å². The second-order valence-electron chi connectivity index (χ2n) is 3.72. The van der Waals surface area contributed by atoms with E-state index in [9.17, 15) is 0 Å². The molecule has 0 aliphatic rings. The molecule has 1 atom stereocenters. The summed E-state index contributed by atoms with van der Waals surface area (Å²) in [6.07, 6.45) is 1.61. The Bertz CT molecular complexity index is 464. The van der Waals surface area contributed by atoms with Gasteiger partial charge in [-0.1, -0.05) is 16.1 Å². The van der Waals surface area contributed by atoms with E-state index in [1.807, 2.05) is 23.9 Å². The molecule has 0 saturated heterocycles. The first kappa shape index (κ1) is 11.5. The van der Waals surface area contributed by atoms with E-state index >= 15 is 0 Å². The Morgan fingerprint density at radius 2 is 2.25 bits per heavy atom. The average Bonchev–Trinajstić information content (AvgIpc) is 2.84. The molecule has 7 heteroatoms. The summed E-state index contributed by atoms with van der Waals surface area (Å²) in [6, 6.07) is -0.170. The first-order valence-corrected chi connectivity index (χ1v) is 6.08. The monoisotopic (exact) mass is 257 g/mol. The minimum atomic E-state index is -0.379. The normalized spacial score (nSPS) is 13.3. The van der Waals surface area contributed by atoms with Crippen molar-refractivity contribution >= 4 is 23.1 Å². The highest BCUT2D eigenvalue weighted by molar-refractivity contribution is 7.03. The number of nitrogens with zero attached hydrogens (tertiary/aromatic N) is 4. The lowest BCUT2D eigenvalue weighted by Gasteiger charge is -2.15. The quantitative estimate of drug-likeness (QED) is 0.913. The molecule has 2 N–H and O–H groups in total. The molecule has 0 aliphatic carbocycles. The Morgan fingerprint density at radius 3 is 2.81 bits per heavy atom. The van der Waals surface area contributed by atoms with Crippen molar-refractivity contribution in [2.75, 3.05) is 0 Å². The Labute approximate surface area is 102 Å². The molecule has 2 aromatic heterocycles. The lowest BCUT2D eigenvalue weighted by Crippen LogP contribution is -2.19. The first-order chi connectivity index (χ1) is 7.61. The maximum Gasteiger partial charge on any atom is 0.0984 e. The molecular formula is C9H12ClN5S. The predicted molar refractivity (Wildman–Crippen MR) is 63.6 cm³/mol. The molecular weight excluding hydrogens is 246 g/mol. The molecule has 0 spiro atoms. The molecule has 0 aliphatic heterocycles. The fourth-order valence-electron chi connectivity index (χ4n) is 1.50. The standard InChI is InChI=1S/C9H12ClN5S/c1-5(2)15-9(6(10)3-12-15)8(11)7-4-16-14-13-7/h3-5,8H,11H2,1-2H3. The molecule has 16 heavy (non-hydrogen) atoms. The van der Waals surface area contributed by atoms with Crippen molar-refractivity contribution in [2.24, 2.45) is 5.73 Å². The van der Waals surface area contributed by atoms with E-state index in [0.717, 1.165) is 5.69 Å². The fourth-order valence-corrected chi connectivity index (χ4v) is 2.24. The smallest absolute Gasteiger partial charge is 0.0984 e. The van der Waals surface area contributed by atoms with Gasteiger partial charge in [0.2, 0.25) is 0 Å². The predicted octanol–water partition coefficient (Wildman–Crippen LogP) is 2.02. The van der Waals surface area contributed by atoms with Crippen molar-refractivity contribution in [2.45, 2.75) is 25.9 Å². The van der Waals surface area contributed by atoms with Gasteiger partial charge in [-0.3, -0.25) is 4.68 Å². The van der Waals surface area contributed by atoms with Crippen LogP contribution < -0.4 is 5.73 Å². The van der Waals surface area contributed by atoms with Gasteiger partial charge in [-0.15, -0.1) is 5.10 Å². The highest BCUT2D eigenvalue weighted by Crippen LogP contribution is 2.27. The molecule has 0 fully saturated rings. The molecule has 0 radical (unpaired) electrons. The molecule has 2 heterocycles. The Kier molecular flexibility index (Phi) is 3.22. The summed E-state index contributed by atoms with van der Waals surface area (Å²) in [5, 5.41) is 10.5. The van der Waals surface area contributed by atoms with Crippen LogP contribution in [0.1, 0.15) is 37.3 Å². The largest absolute Gasteiger partial charge is 0.318 e. The summed E-state index contributed by atoms with van der Waals surface area (Å²) < 4.78 is 5.61. The number of nitrogens with two attached hydrogens (primary N) is 1. The van der Waals surface area contributed by atoms with Gasteiger partial charge >= 0.3 is 0 Å². The summed E-state index contributed by atoms with van der Waals surface area (Å²) in [5.41, 5.74) is 7.60. The lowest BCUT2D eigenvalue weighted by atomic mass is 10.1. The molecule has 86 valence electrons. The second kappa shape index (κ2) is 4.48. The van der Waals surface area contributed by atoms with Crippen molar-refractivity contribution in [3.63, 3.8) is 0 Å². The minimum Gasteiger partial charge on any atom is -0.318 e. The first-order valence-electron chi connectivity index (χ1n) is 4.86. The van der Waals surface area contributed by atoms with E-state index in [0.29, 0.717) is 10.7 Å². The van der Waals surface area contributed by atoms with Gasteiger partial charge in [0.15, 0.2) is 0 Å². The third-order valence-electron chi connectivity index (χ3n) is 2.27. The van der Waals surface area contributed by atoms with E-state index in [1.54, 1.807) is 6.20 Å². The molecule has 0 aromatic carbocycles. The third-order valence-corrected chi connectivity index (χ3v) is 3.08. The van der Waals surface area contributed by atoms with Crippen molar-refractivity contribution in [3.8, 4) is 0 Å². The number of hydrogen-bond donors (Lipinski definition) is 1. The van der Waals surface area contributed by atoms with E-state index in [-0.39, 0.29) is 12.1 Å². The highest BCUT2D eigenvalue weighted by Gasteiger charge is 2.21. The van der Waals surface area contributed by atoms with Crippen LogP contribution in [-0.4, -0.2) is 19.4 Å². The van der Waals surface area contributed by atoms with Gasteiger partial charge in [0, 0.05) is 11.4 Å². The summed E-state index contributed by atoms with van der Waals surface area (Å²) in [5.74, 6) is 0. The summed E-state index contributed by atoms with van der Waals surface area (Å²) in [6.45, 7) is 4.05. The number of hydrogen-bond acceptors (Lipinski definition) is 5. The Balaban J connectivity index is 2.43. The van der Waals surface area contributed by atoms with Crippen molar-refractivity contribution in [1.29, 1.82) is 0 Å². The summed E-state index contributed by atoms with van der Waals surface area (Å²) in [4.78, 5) is 0. The van der Waals surface area contributed by atoms with Gasteiger partial charge in [0.25, 0.3) is 0 Å². The third kappa shape index (κ3) is 1.95. The summed E-state index contributed by atoms with van der Waals surface area (Å²) >= 11 is 7.36. The molecule has 0 amide bonds. The fraction of sp³-hybridized carbons (Fsp3) is 0.444.